The summed E-state index contributed by atoms with van der Waals surface area (Å²) in [6.07, 6.45) is 3.94. The van der Waals surface area contributed by atoms with Gasteiger partial charge in [0.15, 0.2) is 0 Å². The van der Waals surface area contributed by atoms with Crippen molar-refractivity contribution in [1.29, 1.82) is 0 Å². The van der Waals surface area contributed by atoms with E-state index in [-0.39, 0.29) is 65.6 Å². The van der Waals surface area contributed by atoms with Crippen LogP contribution in [0, 0.1) is 23.7 Å². The first-order valence-corrected chi connectivity index (χ1v) is 15.6. The molecule has 43 heavy (non-hydrogen) atoms. The average Bonchev–Trinajstić information content (AvgIpc) is 3.81. The molecule has 7 rings (SSSR count). The third-order valence-electron chi connectivity index (χ3n) is 10.2. The second kappa shape index (κ2) is 12.1. The molecule has 0 radical (unpaired) electrons. The zero-order valence-corrected chi connectivity index (χ0v) is 24.9. The number of anilines is 2. The summed E-state index contributed by atoms with van der Waals surface area (Å²) in [5.41, 5.74) is 0.198. The smallest absolute Gasteiger partial charge is 0.353 e. The van der Waals surface area contributed by atoms with Gasteiger partial charge in [0.25, 0.3) is 5.91 Å². The number of alkyl halides is 3. The van der Waals surface area contributed by atoms with Crippen LogP contribution in [0.4, 0.5) is 24.8 Å². The summed E-state index contributed by atoms with van der Waals surface area (Å²) in [4.78, 5) is 38.8. The number of hydrogen-bond acceptors (Lipinski definition) is 6. The maximum atomic E-state index is 14.1. The predicted molar refractivity (Wildman–Crippen MR) is 157 cm³/mol. The SMILES string of the molecule is CN1CCC(N(C)C(=O)c2ccc(Nc3ncc(C(F)(F)F)c(C[C@@H]4C5CCC(CC5)[C@@H]4C(=O)NC4CC4)n3)cc2)CC1. The van der Waals surface area contributed by atoms with Crippen molar-refractivity contribution < 1.29 is 22.8 Å². The van der Waals surface area contributed by atoms with Gasteiger partial charge in [0, 0.05) is 42.5 Å². The highest BCUT2D eigenvalue weighted by molar-refractivity contribution is 5.94. The minimum absolute atomic E-state index is 0.000956. The van der Waals surface area contributed by atoms with Crippen molar-refractivity contribution in [3.05, 3.63) is 47.3 Å². The molecule has 2 N–H and O–H groups in total. The maximum Gasteiger partial charge on any atom is 0.419 e. The number of hydrogen-bond donors (Lipinski definition) is 2. The fraction of sp³-hybridized carbons (Fsp3) is 0.625. The lowest BCUT2D eigenvalue weighted by molar-refractivity contribution is -0.139. The monoisotopic (exact) mass is 598 g/mol. The Balaban J connectivity index is 1.18. The Morgan fingerprint density at radius 1 is 0.977 bits per heavy atom. The fourth-order valence-corrected chi connectivity index (χ4v) is 7.47. The number of amides is 2. The van der Waals surface area contributed by atoms with Crippen LogP contribution in [0.15, 0.2) is 30.5 Å². The summed E-state index contributed by atoms with van der Waals surface area (Å²) < 4.78 is 42.3. The Labute approximate surface area is 250 Å². The molecule has 8 nitrogen and oxygen atoms in total. The fourth-order valence-electron chi connectivity index (χ4n) is 7.47. The summed E-state index contributed by atoms with van der Waals surface area (Å²) in [5, 5.41) is 6.14. The molecule has 4 aliphatic carbocycles. The Bertz CT molecular complexity index is 1320. The number of rotatable bonds is 8. The summed E-state index contributed by atoms with van der Waals surface area (Å²) >= 11 is 0. The molecule has 2 atom stereocenters. The number of nitrogens with zero attached hydrogens (tertiary/aromatic N) is 4. The lowest BCUT2D eigenvalue weighted by atomic mass is 9.57. The lowest BCUT2D eigenvalue weighted by Gasteiger charge is -2.48. The van der Waals surface area contributed by atoms with Crippen LogP contribution < -0.4 is 10.6 Å². The van der Waals surface area contributed by atoms with Crippen LogP contribution in [0.2, 0.25) is 0 Å². The normalized spacial score (nSPS) is 26.3. The van der Waals surface area contributed by atoms with Crippen molar-refractivity contribution in [2.24, 2.45) is 23.7 Å². The summed E-state index contributed by atoms with van der Waals surface area (Å²) in [6, 6.07) is 7.26. The molecule has 0 spiro atoms. The number of aromatic nitrogens is 2. The molecule has 4 saturated carbocycles. The Morgan fingerprint density at radius 2 is 1.63 bits per heavy atom. The van der Waals surface area contributed by atoms with Gasteiger partial charge in [0.2, 0.25) is 11.9 Å². The van der Waals surface area contributed by atoms with Gasteiger partial charge >= 0.3 is 6.18 Å². The van der Waals surface area contributed by atoms with Crippen molar-refractivity contribution in [2.45, 2.75) is 76.0 Å². The van der Waals surface area contributed by atoms with Gasteiger partial charge in [-0.25, -0.2) is 9.97 Å². The van der Waals surface area contributed by atoms with E-state index in [4.69, 9.17) is 0 Å². The van der Waals surface area contributed by atoms with E-state index in [0.717, 1.165) is 70.7 Å². The molecule has 11 heteroatoms. The Kier molecular flexibility index (Phi) is 8.37. The van der Waals surface area contributed by atoms with Gasteiger partial charge in [-0.15, -0.1) is 0 Å². The number of halogens is 3. The zero-order valence-electron chi connectivity index (χ0n) is 24.9. The van der Waals surface area contributed by atoms with Crippen LogP contribution in [-0.4, -0.2) is 70.9 Å². The van der Waals surface area contributed by atoms with Gasteiger partial charge in [-0.2, -0.15) is 13.2 Å². The minimum atomic E-state index is -4.60. The summed E-state index contributed by atoms with van der Waals surface area (Å²) in [5.74, 6) is -0.0340. The van der Waals surface area contributed by atoms with E-state index >= 15 is 0 Å². The molecule has 5 aliphatic rings. The molecule has 1 aromatic carbocycles. The number of benzene rings is 1. The van der Waals surface area contributed by atoms with Crippen LogP contribution >= 0.6 is 0 Å². The third-order valence-corrected chi connectivity index (χ3v) is 10.2. The molecule has 1 saturated heterocycles. The highest BCUT2D eigenvalue weighted by atomic mass is 19.4. The molecule has 2 bridgehead atoms. The average molecular weight is 599 g/mol. The van der Waals surface area contributed by atoms with Crippen LogP contribution in [0.5, 0.6) is 0 Å². The molecular formula is C32H41F3N6O2. The number of carbonyl (C=O) groups excluding carboxylic acids is 2. The standard InChI is InChI=1S/C32H41F3N6O2/c1-40-15-13-24(14-16-40)41(2)30(43)21-7-9-23(10-8-21)38-31-36-18-26(32(33,34)35)27(39-31)17-25-19-3-5-20(6-4-19)28(25)29(42)37-22-11-12-22/h7-10,18-20,22,24-25,28H,3-6,11-17H2,1-2H3,(H,37,42)(H,36,38,39)/t19?,20?,25-,28+/m1/s1. The number of likely N-dealkylation sites (tertiary alicyclic amines) is 1. The first-order chi connectivity index (χ1) is 20.6. The van der Waals surface area contributed by atoms with E-state index in [1.165, 1.54) is 0 Å². The molecule has 2 amide bonds. The van der Waals surface area contributed by atoms with Crippen LogP contribution in [0.3, 0.4) is 0 Å². The molecule has 2 heterocycles. The zero-order chi connectivity index (χ0) is 30.3. The van der Waals surface area contributed by atoms with Crippen molar-refractivity contribution in [3.8, 4) is 0 Å². The third kappa shape index (κ3) is 6.66. The molecule has 0 unspecified atom stereocenters. The van der Waals surface area contributed by atoms with E-state index in [2.05, 4.69) is 32.5 Å². The molecule has 5 fully saturated rings. The van der Waals surface area contributed by atoms with E-state index in [0.29, 0.717) is 11.3 Å². The van der Waals surface area contributed by atoms with Gasteiger partial charge < -0.3 is 20.4 Å². The van der Waals surface area contributed by atoms with Crippen molar-refractivity contribution in [1.82, 2.24) is 25.1 Å². The van der Waals surface area contributed by atoms with Crippen LogP contribution in [0.25, 0.3) is 0 Å². The van der Waals surface area contributed by atoms with Gasteiger partial charge in [-0.1, -0.05) is 0 Å². The van der Waals surface area contributed by atoms with Crippen LogP contribution in [0.1, 0.15) is 73.0 Å². The van der Waals surface area contributed by atoms with Gasteiger partial charge in [0.1, 0.15) is 0 Å². The minimum Gasteiger partial charge on any atom is -0.353 e. The lowest BCUT2D eigenvalue weighted by Crippen LogP contribution is -2.49. The second-order valence-electron chi connectivity index (χ2n) is 13.1. The summed E-state index contributed by atoms with van der Waals surface area (Å²) in [7, 11) is 3.91. The predicted octanol–water partition coefficient (Wildman–Crippen LogP) is 5.28. The van der Waals surface area contributed by atoms with E-state index < -0.39 is 11.7 Å². The van der Waals surface area contributed by atoms with Crippen molar-refractivity contribution >= 4 is 23.5 Å². The highest BCUT2D eigenvalue weighted by Crippen LogP contribution is 2.51. The van der Waals surface area contributed by atoms with E-state index in [1.807, 2.05) is 7.05 Å². The van der Waals surface area contributed by atoms with Crippen molar-refractivity contribution in [3.63, 3.8) is 0 Å². The largest absolute Gasteiger partial charge is 0.419 e. The number of fused-ring (bicyclic) bond motifs is 3. The van der Waals surface area contributed by atoms with E-state index in [9.17, 15) is 22.8 Å². The number of carbonyl (C=O) groups is 2. The maximum absolute atomic E-state index is 14.1. The molecule has 232 valence electrons. The highest BCUT2D eigenvalue weighted by Gasteiger charge is 2.48. The number of piperidine rings is 1. The number of nitrogens with one attached hydrogen (secondary N) is 2. The van der Waals surface area contributed by atoms with Gasteiger partial charge in [-0.05, 0) is 120 Å². The topological polar surface area (TPSA) is 90.5 Å². The quantitative estimate of drug-likeness (QED) is 0.430. The molecule has 1 aliphatic heterocycles. The molecule has 1 aromatic heterocycles. The molecular weight excluding hydrogens is 557 g/mol. The first kappa shape index (κ1) is 29.8. The second-order valence-corrected chi connectivity index (χ2v) is 13.1. The van der Waals surface area contributed by atoms with E-state index in [1.54, 1.807) is 29.2 Å². The summed E-state index contributed by atoms with van der Waals surface area (Å²) in [6.45, 7) is 1.91. The van der Waals surface area contributed by atoms with Gasteiger partial charge in [-0.3, -0.25) is 9.59 Å². The van der Waals surface area contributed by atoms with Crippen molar-refractivity contribution in [2.75, 3.05) is 32.5 Å². The first-order valence-electron chi connectivity index (χ1n) is 15.6. The van der Waals surface area contributed by atoms with Crippen LogP contribution in [-0.2, 0) is 17.4 Å². The van der Waals surface area contributed by atoms with Gasteiger partial charge in [0.05, 0.1) is 11.3 Å². The Morgan fingerprint density at radius 3 is 2.26 bits per heavy atom. The molecule has 2 aromatic rings. The Hall–Kier alpha value is -3.21.